The van der Waals surface area contributed by atoms with Crippen LogP contribution in [0.2, 0.25) is 0 Å². The molecule has 6 heteroatoms. The van der Waals surface area contributed by atoms with Gasteiger partial charge in [-0.15, -0.1) is 0 Å². The van der Waals surface area contributed by atoms with Gasteiger partial charge in [0, 0.05) is 54.7 Å². The number of hydrogen-bond donors (Lipinski definition) is 0. The van der Waals surface area contributed by atoms with E-state index in [0.29, 0.717) is 17.5 Å². The highest BCUT2D eigenvalue weighted by Gasteiger charge is 2.18. The fraction of sp³-hybridized carbons (Fsp3) is 0. The van der Waals surface area contributed by atoms with E-state index in [0.717, 1.165) is 77.3 Å². The molecule has 0 aliphatic carbocycles. The molecule has 0 amide bonds. The van der Waals surface area contributed by atoms with Crippen LogP contribution in [0.5, 0.6) is 0 Å². The first-order valence-corrected chi connectivity index (χ1v) is 16.9. The Labute approximate surface area is 290 Å². The Kier molecular flexibility index (Phi) is 5.86. The lowest BCUT2D eigenvalue weighted by molar-refractivity contribution is 0.668. The van der Waals surface area contributed by atoms with E-state index in [1.54, 1.807) is 0 Å². The van der Waals surface area contributed by atoms with E-state index >= 15 is 0 Å². The summed E-state index contributed by atoms with van der Waals surface area (Å²) in [5.41, 5.74) is 9.17. The van der Waals surface area contributed by atoms with Crippen LogP contribution in [-0.4, -0.2) is 19.5 Å². The van der Waals surface area contributed by atoms with E-state index in [1.165, 1.54) is 10.8 Å². The summed E-state index contributed by atoms with van der Waals surface area (Å²) >= 11 is 0. The summed E-state index contributed by atoms with van der Waals surface area (Å²) in [5, 5.41) is 6.63. The van der Waals surface area contributed by atoms with Crippen molar-refractivity contribution in [1.82, 2.24) is 19.5 Å². The van der Waals surface area contributed by atoms with Crippen molar-refractivity contribution in [3.8, 4) is 39.9 Å². The molecular formula is C45H26N4O2. The second-order valence-corrected chi connectivity index (χ2v) is 12.8. The summed E-state index contributed by atoms with van der Waals surface area (Å²) in [6.07, 6.45) is 0. The zero-order valence-corrected chi connectivity index (χ0v) is 27.1. The molecule has 0 atom stereocenters. The lowest BCUT2D eigenvalue weighted by atomic mass is 10.1. The maximum absolute atomic E-state index is 6.27. The van der Waals surface area contributed by atoms with Crippen LogP contribution in [0.1, 0.15) is 0 Å². The summed E-state index contributed by atoms with van der Waals surface area (Å²) in [6.45, 7) is 0. The molecule has 0 saturated carbocycles. The van der Waals surface area contributed by atoms with Gasteiger partial charge in [-0.1, -0.05) is 97.1 Å². The maximum Gasteiger partial charge on any atom is 0.164 e. The van der Waals surface area contributed by atoms with Crippen molar-refractivity contribution in [2.24, 2.45) is 0 Å². The smallest absolute Gasteiger partial charge is 0.164 e. The summed E-state index contributed by atoms with van der Waals surface area (Å²) < 4.78 is 14.8. The van der Waals surface area contributed by atoms with Gasteiger partial charge in [-0.2, -0.15) is 0 Å². The van der Waals surface area contributed by atoms with Crippen molar-refractivity contribution in [3.05, 3.63) is 158 Å². The quantitative estimate of drug-likeness (QED) is 0.189. The molecule has 238 valence electrons. The molecule has 0 bridgehead atoms. The van der Waals surface area contributed by atoms with Crippen molar-refractivity contribution >= 4 is 65.7 Å². The van der Waals surface area contributed by atoms with Crippen LogP contribution >= 0.6 is 0 Å². The molecular weight excluding hydrogens is 629 g/mol. The number of rotatable bonds is 4. The fourth-order valence-corrected chi connectivity index (χ4v) is 7.46. The fourth-order valence-electron chi connectivity index (χ4n) is 7.46. The Balaban J connectivity index is 1.14. The highest BCUT2D eigenvalue weighted by atomic mass is 16.3. The SMILES string of the molecule is c1ccc(-n2c3ccccc3c3ccc(-c4nc(-c5ccc6c(c5)oc5ccccc56)nc(-c5ccc6c(c5)oc5ccccc56)n4)cc32)cc1. The molecule has 0 aliphatic rings. The molecule has 0 N–H and O–H groups in total. The Morgan fingerprint density at radius 3 is 1.35 bits per heavy atom. The molecule has 0 radical (unpaired) electrons. The van der Waals surface area contributed by atoms with Gasteiger partial charge in [0.05, 0.1) is 11.0 Å². The summed E-state index contributed by atoms with van der Waals surface area (Å²) in [6, 6.07) is 54.0. The van der Waals surface area contributed by atoms with Crippen LogP contribution in [0.3, 0.4) is 0 Å². The van der Waals surface area contributed by atoms with Crippen LogP contribution in [-0.2, 0) is 0 Å². The first-order chi connectivity index (χ1) is 25.2. The average molecular weight is 655 g/mol. The predicted molar refractivity (Wildman–Crippen MR) is 205 cm³/mol. The monoisotopic (exact) mass is 654 g/mol. The van der Waals surface area contributed by atoms with Gasteiger partial charge in [-0.25, -0.2) is 15.0 Å². The number of para-hydroxylation sites is 4. The largest absolute Gasteiger partial charge is 0.456 e. The van der Waals surface area contributed by atoms with E-state index < -0.39 is 0 Å². The number of fused-ring (bicyclic) bond motifs is 9. The topological polar surface area (TPSA) is 69.9 Å². The average Bonchev–Trinajstić information content (AvgIpc) is 3.86. The maximum atomic E-state index is 6.27. The van der Waals surface area contributed by atoms with Crippen molar-refractivity contribution in [2.75, 3.05) is 0 Å². The number of aromatic nitrogens is 4. The second kappa shape index (κ2) is 10.7. The lowest BCUT2D eigenvalue weighted by Crippen LogP contribution is -2.00. The van der Waals surface area contributed by atoms with E-state index in [-0.39, 0.29) is 0 Å². The zero-order chi connectivity index (χ0) is 33.5. The molecule has 4 aromatic heterocycles. The number of benzene rings is 7. The van der Waals surface area contributed by atoms with Gasteiger partial charge in [0.1, 0.15) is 22.3 Å². The summed E-state index contributed by atoms with van der Waals surface area (Å²) in [4.78, 5) is 15.3. The molecule has 4 heterocycles. The van der Waals surface area contributed by atoms with Gasteiger partial charge in [-0.05, 0) is 60.7 Å². The first-order valence-electron chi connectivity index (χ1n) is 16.9. The molecule has 6 nitrogen and oxygen atoms in total. The highest BCUT2D eigenvalue weighted by molar-refractivity contribution is 6.10. The molecule has 0 spiro atoms. The Morgan fingerprint density at radius 2 is 0.765 bits per heavy atom. The molecule has 0 aliphatic heterocycles. The molecule has 0 saturated heterocycles. The summed E-state index contributed by atoms with van der Waals surface area (Å²) in [5.74, 6) is 1.70. The van der Waals surface area contributed by atoms with E-state index in [1.807, 2.05) is 54.6 Å². The van der Waals surface area contributed by atoms with Gasteiger partial charge < -0.3 is 13.4 Å². The van der Waals surface area contributed by atoms with Gasteiger partial charge in [0.15, 0.2) is 17.5 Å². The third-order valence-corrected chi connectivity index (χ3v) is 9.86. The van der Waals surface area contributed by atoms with Crippen LogP contribution in [0.25, 0.3) is 106 Å². The standard InChI is InChI=1S/C45H26N4O2/c1-2-10-30(11-3-1)49-37-15-7-4-12-31(37)32-21-18-27(24-38(32)49)43-46-44(28-19-22-35-33-13-5-8-16-39(33)50-41(35)25-28)48-45(47-43)29-20-23-36-34-14-6-9-17-40(34)51-42(36)26-29/h1-26H. The lowest BCUT2D eigenvalue weighted by Gasteiger charge is -2.10. The predicted octanol–water partition coefficient (Wildman–Crippen LogP) is 11.8. The zero-order valence-electron chi connectivity index (χ0n) is 27.1. The minimum absolute atomic E-state index is 0.561. The van der Waals surface area contributed by atoms with E-state index in [4.69, 9.17) is 23.8 Å². The normalized spacial score (nSPS) is 11.9. The second-order valence-electron chi connectivity index (χ2n) is 12.8. The van der Waals surface area contributed by atoms with Gasteiger partial charge in [-0.3, -0.25) is 0 Å². The van der Waals surface area contributed by atoms with Gasteiger partial charge >= 0.3 is 0 Å². The minimum Gasteiger partial charge on any atom is -0.456 e. The highest BCUT2D eigenvalue weighted by Crippen LogP contribution is 2.37. The molecule has 51 heavy (non-hydrogen) atoms. The molecule has 0 unspecified atom stereocenters. The number of hydrogen-bond acceptors (Lipinski definition) is 5. The molecule has 0 fully saturated rings. The van der Waals surface area contributed by atoms with Crippen molar-refractivity contribution in [1.29, 1.82) is 0 Å². The Morgan fingerprint density at radius 1 is 0.333 bits per heavy atom. The molecule has 7 aromatic carbocycles. The van der Waals surface area contributed by atoms with Crippen molar-refractivity contribution < 1.29 is 8.83 Å². The van der Waals surface area contributed by atoms with Gasteiger partial charge in [0.2, 0.25) is 0 Å². The first kappa shape index (κ1) is 27.9. The van der Waals surface area contributed by atoms with Crippen LogP contribution < -0.4 is 0 Å². The van der Waals surface area contributed by atoms with Crippen LogP contribution in [0.15, 0.2) is 167 Å². The van der Waals surface area contributed by atoms with Gasteiger partial charge in [0.25, 0.3) is 0 Å². The third kappa shape index (κ3) is 4.33. The summed E-state index contributed by atoms with van der Waals surface area (Å²) in [7, 11) is 0. The molecule has 11 rings (SSSR count). The third-order valence-electron chi connectivity index (χ3n) is 9.86. The van der Waals surface area contributed by atoms with E-state index in [9.17, 15) is 0 Å². The Bertz CT molecular complexity index is 3020. The van der Waals surface area contributed by atoms with Crippen molar-refractivity contribution in [2.45, 2.75) is 0 Å². The van der Waals surface area contributed by atoms with Crippen molar-refractivity contribution in [3.63, 3.8) is 0 Å². The van der Waals surface area contributed by atoms with Crippen LogP contribution in [0, 0.1) is 0 Å². The van der Waals surface area contributed by atoms with E-state index in [2.05, 4.69) is 108 Å². The number of furan rings is 2. The minimum atomic E-state index is 0.561. The number of nitrogens with zero attached hydrogens (tertiary/aromatic N) is 4. The molecule has 11 aromatic rings. The Hall–Kier alpha value is -7.05. The van der Waals surface area contributed by atoms with Crippen LogP contribution in [0.4, 0.5) is 0 Å².